The predicted octanol–water partition coefficient (Wildman–Crippen LogP) is 8.10. The van der Waals surface area contributed by atoms with E-state index < -0.39 is 17.7 Å². The van der Waals surface area contributed by atoms with Crippen molar-refractivity contribution in [2.24, 2.45) is 5.92 Å². The van der Waals surface area contributed by atoms with Crippen molar-refractivity contribution in [2.75, 3.05) is 26.3 Å². The highest BCUT2D eigenvalue weighted by atomic mass is 19.4. The van der Waals surface area contributed by atoms with Crippen molar-refractivity contribution in [3.63, 3.8) is 0 Å². The van der Waals surface area contributed by atoms with Crippen molar-refractivity contribution in [1.29, 1.82) is 0 Å². The molecule has 1 N–H and O–H groups in total. The number of allylic oxidation sites excluding steroid dienone is 1. The van der Waals surface area contributed by atoms with E-state index in [4.69, 9.17) is 0 Å². The molecule has 41 heavy (non-hydrogen) atoms. The van der Waals surface area contributed by atoms with Crippen LogP contribution in [-0.2, 0) is 25.4 Å². The molecular weight excluding hydrogens is 530 g/mol. The van der Waals surface area contributed by atoms with E-state index in [-0.39, 0.29) is 17.8 Å². The highest BCUT2D eigenvalue weighted by molar-refractivity contribution is 6.01. The second-order valence-corrected chi connectivity index (χ2v) is 11.2. The number of carboxylic acid groups (broad SMARTS) is 1. The monoisotopic (exact) mass is 565 g/mol. The fourth-order valence-electron chi connectivity index (χ4n) is 6.24. The summed E-state index contributed by atoms with van der Waals surface area (Å²) < 4.78 is 55.6. The molecule has 0 amide bonds. The van der Waals surface area contributed by atoms with Crippen LogP contribution in [0.25, 0.3) is 11.1 Å². The molecule has 3 aromatic rings. The quantitative estimate of drug-likeness (QED) is 0.267. The summed E-state index contributed by atoms with van der Waals surface area (Å²) in [6.07, 6.45) is -0.909. The minimum absolute atomic E-state index is 0.172. The molecule has 0 saturated carbocycles. The number of halogens is 4. The van der Waals surface area contributed by atoms with Gasteiger partial charge in [0.2, 0.25) is 0 Å². The molecule has 1 aliphatic heterocycles. The number of aromatic carboxylic acids is 1. The van der Waals surface area contributed by atoms with Crippen molar-refractivity contribution >= 4 is 17.1 Å². The van der Waals surface area contributed by atoms with Crippen molar-refractivity contribution < 1.29 is 27.5 Å². The van der Waals surface area contributed by atoms with Crippen molar-refractivity contribution in [3.05, 3.63) is 105 Å². The normalized spacial score (nSPS) is 16.3. The largest absolute Gasteiger partial charge is 0.478 e. The molecular formula is C34H35F4NO2. The Bertz CT molecular complexity index is 1440. The lowest BCUT2D eigenvalue weighted by Gasteiger charge is -2.39. The number of hydrogen-bond donors (Lipinski definition) is 1. The van der Waals surface area contributed by atoms with Gasteiger partial charge in [0.15, 0.2) is 0 Å². The molecule has 2 aliphatic rings. The van der Waals surface area contributed by atoms with Gasteiger partial charge in [-0.05, 0) is 107 Å². The van der Waals surface area contributed by atoms with E-state index in [1.54, 1.807) is 24.3 Å². The van der Waals surface area contributed by atoms with Crippen LogP contribution in [0.15, 0.2) is 60.7 Å². The van der Waals surface area contributed by atoms with E-state index in [9.17, 15) is 27.5 Å². The van der Waals surface area contributed by atoms with Crippen LogP contribution < -0.4 is 0 Å². The summed E-state index contributed by atoms with van der Waals surface area (Å²) in [5.41, 5.74) is 5.32. The smallest absolute Gasteiger partial charge is 0.417 e. The molecule has 0 aromatic heterocycles. The van der Waals surface area contributed by atoms with Crippen molar-refractivity contribution in [2.45, 2.75) is 51.6 Å². The SMILES string of the molecule is CCc1ccc(C2=C(c3ccc(CC4CN(CCCF)C4)cc3)c3ccc(C(=O)O)cc3CCC2)c(C(F)(F)F)c1. The number of nitrogens with zero attached hydrogens (tertiary/aromatic N) is 1. The lowest BCUT2D eigenvalue weighted by atomic mass is 9.84. The fraction of sp³-hybridized carbons (Fsp3) is 0.382. The number of carbonyl (C=O) groups is 1. The second kappa shape index (κ2) is 12.2. The first-order valence-corrected chi connectivity index (χ1v) is 14.4. The number of fused-ring (bicyclic) bond motifs is 1. The summed E-state index contributed by atoms with van der Waals surface area (Å²) in [4.78, 5) is 14.0. The number of likely N-dealkylation sites (tertiary alicyclic amines) is 1. The average molecular weight is 566 g/mol. The van der Waals surface area contributed by atoms with Gasteiger partial charge in [-0.25, -0.2) is 4.79 Å². The Morgan fingerprint density at radius 3 is 2.32 bits per heavy atom. The Morgan fingerprint density at radius 1 is 0.951 bits per heavy atom. The molecule has 5 rings (SSSR count). The van der Waals surface area contributed by atoms with Gasteiger partial charge in [0.05, 0.1) is 17.8 Å². The van der Waals surface area contributed by atoms with E-state index in [0.29, 0.717) is 49.2 Å². The van der Waals surface area contributed by atoms with Gasteiger partial charge >= 0.3 is 12.1 Å². The predicted molar refractivity (Wildman–Crippen MR) is 154 cm³/mol. The molecule has 3 aromatic carbocycles. The number of hydrogen-bond acceptors (Lipinski definition) is 2. The second-order valence-electron chi connectivity index (χ2n) is 11.2. The number of alkyl halides is 4. The minimum atomic E-state index is -4.51. The summed E-state index contributed by atoms with van der Waals surface area (Å²) in [5.74, 6) is -0.518. The standard InChI is InChI=1S/C34H35F4NO2/c1-2-22-9-13-29(31(18-22)34(36,37)38)30-6-3-5-26-19-27(33(40)41)12-14-28(26)32(30)25-10-7-23(8-11-25)17-24-20-39(21-24)16-4-15-35/h7-14,18-19,24H,2-6,15-17,20-21H2,1H3,(H,40,41). The van der Waals surface area contributed by atoms with Gasteiger partial charge in [0.1, 0.15) is 0 Å². The van der Waals surface area contributed by atoms with E-state index in [1.807, 2.05) is 31.2 Å². The molecule has 1 heterocycles. The van der Waals surface area contributed by atoms with Crippen LogP contribution in [0.3, 0.4) is 0 Å². The Kier molecular flexibility index (Phi) is 8.64. The first-order valence-electron chi connectivity index (χ1n) is 14.4. The third-order valence-corrected chi connectivity index (χ3v) is 8.33. The Labute approximate surface area is 238 Å². The van der Waals surface area contributed by atoms with Crippen molar-refractivity contribution in [3.8, 4) is 0 Å². The van der Waals surface area contributed by atoms with Gasteiger partial charge in [0.25, 0.3) is 0 Å². The molecule has 7 heteroatoms. The van der Waals surface area contributed by atoms with Gasteiger partial charge in [-0.2, -0.15) is 13.2 Å². The summed E-state index contributed by atoms with van der Waals surface area (Å²) in [5, 5.41) is 9.57. The van der Waals surface area contributed by atoms with Gasteiger partial charge in [-0.1, -0.05) is 49.4 Å². The highest BCUT2D eigenvalue weighted by Gasteiger charge is 2.35. The zero-order valence-corrected chi connectivity index (χ0v) is 23.2. The summed E-state index contributed by atoms with van der Waals surface area (Å²) in [7, 11) is 0. The van der Waals surface area contributed by atoms with Crippen LogP contribution in [0.1, 0.15) is 75.5 Å². The first kappa shape index (κ1) is 29.1. The maximum Gasteiger partial charge on any atom is 0.417 e. The molecule has 0 unspecified atom stereocenters. The zero-order valence-electron chi connectivity index (χ0n) is 23.2. The molecule has 0 radical (unpaired) electrons. The van der Waals surface area contributed by atoms with E-state index >= 15 is 0 Å². The minimum Gasteiger partial charge on any atom is -0.478 e. The maximum atomic E-state index is 14.4. The molecule has 1 aliphatic carbocycles. The molecule has 1 saturated heterocycles. The topological polar surface area (TPSA) is 40.5 Å². The highest BCUT2D eigenvalue weighted by Crippen LogP contribution is 2.44. The Balaban J connectivity index is 1.58. The Hall–Kier alpha value is -3.45. The average Bonchev–Trinajstić information content (AvgIpc) is 3.13. The molecule has 0 spiro atoms. The van der Waals surface area contributed by atoms with Crippen LogP contribution in [0.4, 0.5) is 17.6 Å². The van der Waals surface area contributed by atoms with Crippen molar-refractivity contribution in [1.82, 2.24) is 4.90 Å². The maximum absolute atomic E-state index is 14.4. The van der Waals surface area contributed by atoms with E-state index in [0.717, 1.165) is 53.9 Å². The van der Waals surface area contributed by atoms with Gasteiger partial charge in [0, 0.05) is 19.6 Å². The van der Waals surface area contributed by atoms with Gasteiger partial charge in [-0.15, -0.1) is 0 Å². The van der Waals surface area contributed by atoms with Crippen LogP contribution in [-0.4, -0.2) is 42.3 Å². The summed E-state index contributed by atoms with van der Waals surface area (Å²) in [6, 6.07) is 17.6. The first-order chi connectivity index (χ1) is 19.7. The van der Waals surface area contributed by atoms with E-state index in [2.05, 4.69) is 4.90 Å². The third kappa shape index (κ3) is 6.40. The van der Waals surface area contributed by atoms with Crippen LogP contribution >= 0.6 is 0 Å². The number of aryl methyl sites for hydroxylation is 2. The fourth-order valence-corrected chi connectivity index (χ4v) is 6.24. The molecule has 3 nitrogen and oxygen atoms in total. The number of rotatable bonds is 9. The van der Waals surface area contributed by atoms with Crippen LogP contribution in [0.5, 0.6) is 0 Å². The summed E-state index contributed by atoms with van der Waals surface area (Å²) in [6.45, 7) is 4.22. The molecule has 0 atom stereocenters. The molecule has 1 fully saturated rings. The zero-order chi connectivity index (χ0) is 29.1. The van der Waals surface area contributed by atoms with E-state index in [1.165, 1.54) is 12.1 Å². The summed E-state index contributed by atoms with van der Waals surface area (Å²) >= 11 is 0. The number of benzene rings is 3. The number of carboxylic acids is 1. The lowest BCUT2D eigenvalue weighted by Crippen LogP contribution is -2.47. The molecule has 0 bridgehead atoms. The third-order valence-electron chi connectivity index (χ3n) is 8.33. The molecule has 216 valence electrons. The van der Waals surface area contributed by atoms with Crippen LogP contribution in [0.2, 0.25) is 0 Å². The Morgan fingerprint density at radius 2 is 1.66 bits per heavy atom. The van der Waals surface area contributed by atoms with Gasteiger partial charge < -0.3 is 10.0 Å². The lowest BCUT2D eigenvalue weighted by molar-refractivity contribution is -0.137. The van der Waals surface area contributed by atoms with Crippen LogP contribution in [0, 0.1) is 5.92 Å². The van der Waals surface area contributed by atoms with Gasteiger partial charge in [-0.3, -0.25) is 4.39 Å².